The van der Waals surface area contributed by atoms with Gasteiger partial charge in [-0.3, -0.25) is 4.90 Å². The van der Waals surface area contributed by atoms with Crippen LogP contribution in [-0.4, -0.2) is 51.4 Å². The molecule has 1 aliphatic heterocycles. The Kier molecular flexibility index (Phi) is 5.31. The Labute approximate surface area is 127 Å². The summed E-state index contributed by atoms with van der Waals surface area (Å²) < 4.78 is 16.3. The number of ether oxygens (including phenoxy) is 3. The molecule has 0 spiro atoms. The highest BCUT2D eigenvalue weighted by molar-refractivity contribution is 5.55. The van der Waals surface area contributed by atoms with Gasteiger partial charge in [0, 0.05) is 37.3 Å². The zero-order valence-corrected chi connectivity index (χ0v) is 13.6. The predicted octanol–water partition coefficient (Wildman–Crippen LogP) is 1.89. The minimum absolute atomic E-state index is 0.500. The van der Waals surface area contributed by atoms with E-state index in [4.69, 9.17) is 14.2 Å². The number of rotatable bonds is 5. The molecule has 0 saturated carbocycles. The molecule has 118 valence electrons. The summed E-state index contributed by atoms with van der Waals surface area (Å²) in [7, 11) is 4.94. The number of piperazine rings is 1. The average molecular weight is 294 g/mol. The highest BCUT2D eigenvalue weighted by Crippen LogP contribution is 2.40. The van der Waals surface area contributed by atoms with Crippen LogP contribution >= 0.6 is 0 Å². The van der Waals surface area contributed by atoms with Gasteiger partial charge in [-0.1, -0.05) is 6.07 Å². The predicted molar refractivity (Wildman–Crippen MR) is 83.4 cm³/mol. The van der Waals surface area contributed by atoms with Crippen molar-refractivity contribution in [3.05, 3.63) is 17.7 Å². The second-order valence-electron chi connectivity index (χ2n) is 5.66. The van der Waals surface area contributed by atoms with Gasteiger partial charge in [-0.2, -0.15) is 0 Å². The molecule has 1 N–H and O–H groups in total. The van der Waals surface area contributed by atoms with Crippen molar-refractivity contribution < 1.29 is 14.2 Å². The van der Waals surface area contributed by atoms with Gasteiger partial charge in [0.2, 0.25) is 5.75 Å². The van der Waals surface area contributed by atoms with Crippen molar-refractivity contribution in [1.82, 2.24) is 10.2 Å². The van der Waals surface area contributed by atoms with Gasteiger partial charge < -0.3 is 19.5 Å². The van der Waals surface area contributed by atoms with Crippen LogP contribution in [0.4, 0.5) is 0 Å². The van der Waals surface area contributed by atoms with Crippen molar-refractivity contribution in [3.63, 3.8) is 0 Å². The standard InChI is InChI=1S/C16H26N2O3/c1-11-8-18(9-12(2)17-11)10-13-6-7-14(19-3)16(21-5)15(13)20-4/h6-7,11-12,17H,8-10H2,1-5H3. The van der Waals surface area contributed by atoms with Crippen molar-refractivity contribution >= 4 is 0 Å². The first-order valence-electron chi connectivity index (χ1n) is 7.35. The maximum atomic E-state index is 5.56. The summed E-state index contributed by atoms with van der Waals surface area (Å²) in [6.45, 7) is 7.34. The molecule has 21 heavy (non-hydrogen) atoms. The van der Waals surface area contributed by atoms with Crippen LogP contribution in [0.15, 0.2) is 12.1 Å². The molecule has 1 saturated heterocycles. The summed E-state index contributed by atoms with van der Waals surface area (Å²) in [5, 5.41) is 3.55. The third-order valence-electron chi connectivity index (χ3n) is 3.81. The van der Waals surface area contributed by atoms with Gasteiger partial charge in [0.05, 0.1) is 21.3 Å². The van der Waals surface area contributed by atoms with E-state index >= 15 is 0 Å². The molecule has 0 bridgehead atoms. The lowest BCUT2D eigenvalue weighted by Gasteiger charge is -2.36. The molecule has 1 heterocycles. The number of nitrogens with one attached hydrogen (secondary N) is 1. The minimum Gasteiger partial charge on any atom is -0.493 e. The van der Waals surface area contributed by atoms with E-state index in [0.717, 1.165) is 30.9 Å². The number of methoxy groups -OCH3 is 3. The summed E-state index contributed by atoms with van der Waals surface area (Å²) in [5.74, 6) is 2.12. The van der Waals surface area contributed by atoms with Gasteiger partial charge in [-0.15, -0.1) is 0 Å². The number of hydrogen-bond acceptors (Lipinski definition) is 5. The fraction of sp³-hybridized carbons (Fsp3) is 0.625. The van der Waals surface area contributed by atoms with Gasteiger partial charge in [0.15, 0.2) is 11.5 Å². The molecule has 1 aromatic rings. The maximum absolute atomic E-state index is 5.56. The van der Waals surface area contributed by atoms with Crippen LogP contribution in [0.2, 0.25) is 0 Å². The van der Waals surface area contributed by atoms with Crippen molar-refractivity contribution in [3.8, 4) is 17.2 Å². The van der Waals surface area contributed by atoms with Crippen LogP contribution in [0, 0.1) is 0 Å². The summed E-state index contributed by atoms with van der Waals surface area (Å²) >= 11 is 0. The second-order valence-corrected chi connectivity index (χ2v) is 5.66. The van der Waals surface area contributed by atoms with Crippen LogP contribution in [0.1, 0.15) is 19.4 Å². The summed E-state index contributed by atoms with van der Waals surface area (Å²) in [4.78, 5) is 2.44. The van der Waals surface area contributed by atoms with E-state index in [1.165, 1.54) is 0 Å². The van der Waals surface area contributed by atoms with Gasteiger partial charge in [0.1, 0.15) is 0 Å². The lowest BCUT2D eigenvalue weighted by atomic mass is 10.1. The Balaban J connectivity index is 2.23. The molecule has 0 radical (unpaired) electrons. The molecule has 5 nitrogen and oxygen atoms in total. The molecule has 1 fully saturated rings. The van der Waals surface area contributed by atoms with E-state index in [0.29, 0.717) is 23.6 Å². The Morgan fingerprint density at radius 3 is 2.14 bits per heavy atom. The SMILES string of the molecule is COc1ccc(CN2CC(C)NC(C)C2)c(OC)c1OC. The van der Waals surface area contributed by atoms with Gasteiger partial charge in [-0.25, -0.2) is 0 Å². The second kappa shape index (κ2) is 7.00. The van der Waals surface area contributed by atoms with Crippen LogP contribution in [0.5, 0.6) is 17.2 Å². The largest absolute Gasteiger partial charge is 0.493 e. The van der Waals surface area contributed by atoms with Crippen LogP contribution < -0.4 is 19.5 Å². The first-order chi connectivity index (χ1) is 10.1. The van der Waals surface area contributed by atoms with Crippen molar-refractivity contribution in [1.29, 1.82) is 0 Å². The maximum Gasteiger partial charge on any atom is 0.203 e. The Morgan fingerprint density at radius 1 is 1.00 bits per heavy atom. The average Bonchev–Trinajstić information content (AvgIpc) is 2.45. The van der Waals surface area contributed by atoms with E-state index in [1.54, 1.807) is 21.3 Å². The topological polar surface area (TPSA) is 43.0 Å². The lowest BCUT2D eigenvalue weighted by molar-refractivity contribution is 0.164. The smallest absolute Gasteiger partial charge is 0.203 e. The van der Waals surface area contributed by atoms with E-state index < -0.39 is 0 Å². The molecule has 5 heteroatoms. The molecule has 0 aliphatic carbocycles. The monoisotopic (exact) mass is 294 g/mol. The van der Waals surface area contributed by atoms with E-state index in [1.807, 2.05) is 6.07 Å². The first-order valence-corrected chi connectivity index (χ1v) is 7.35. The van der Waals surface area contributed by atoms with E-state index in [9.17, 15) is 0 Å². The summed E-state index contributed by atoms with van der Waals surface area (Å²) in [6.07, 6.45) is 0. The quantitative estimate of drug-likeness (QED) is 0.898. The summed E-state index contributed by atoms with van der Waals surface area (Å²) in [5.41, 5.74) is 1.12. The van der Waals surface area contributed by atoms with Gasteiger partial charge in [-0.05, 0) is 19.9 Å². The zero-order valence-electron chi connectivity index (χ0n) is 13.6. The zero-order chi connectivity index (χ0) is 15.4. The Hall–Kier alpha value is -1.46. The van der Waals surface area contributed by atoms with Crippen molar-refractivity contribution in [2.45, 2.75) is 32.5 Å². The third kappa shape index (κ3) is 3.60. The molecule has 2 atom stereocenters. The highest BCUT2D eigenvalue weighted by Gasteiger charge is 2.23. The third-order valence-corrected chi connectivity index (χ3v) is 3.81. The lowest BCUT2D eigenvalue weighted by Crippen LogP contribution is -2.53. The molecule has 1 aromatic carbocycles. The molecule has 0 aromatic heterocycles. The van der Waals surface area contributed by atoms with Crippen LogP contribution in [0.25, 0.3) is 0 Å². The Bertz CT molecular complexity index is 469. The van der Waals surface area contributed by atoms with Gasteiger partial charge >= 0.3 is 0 Å². The minimum atomic E-state index is 0.500. The Morgan fingerprint density at radius 2 is 1.62 bits per heavy atom. The normalized spacial score (nSPS) is 22.9. The fourth-order valence-electron chi connectivity index (χ4n) is 3.10. The molecule has 2 rings (SSSR count). The number of benzene rings is 1. The molecular formula is C16H26N2O3. The molecule has 0 amide bonds. The highest BCUT2D eigenvalue weighted by atomic mass is 16.5. The van der Waals surface area contributed by atoms with Crippen LogP contribution in [0.3, 0.4) is 0 Å². The molecule has 1 aliphatic rings. The number of nitrogens with zero attached hydrogens (tertiary/aromatic N) is 1. The van der Waals surface area contributed by atoms with Crippen molar-refractivity contribution in [2.24, 2.45) is 0 Å². The number of hydrogen-bond donors (Lipinski definition) is 1. The fourth-order valence-corrected chi connectivity index (χ4v) is 3.10. The van der Waals surface area contributed by atoms with E-state index in [-0.39, 0.29) is 0 Å². The van der Waals surface area contributed by atoms with Crippen LogP contribution in [-0.2, 0) is 6.54 Å². The van der Waals surface area contributed by atoms with E-state index in [2.05, 4.69) is 30.1 Å². The van der Waals surface area contributed by atoms with Crippen molar-refractivity contribution in [2.75, 3.05) is 34.4 Å². The van der Waals surface area contributed by atoms with Gasteiger partial charge in [0.25, 0.3) is 0 Å². The molecule has 2 unspecified atom stereocenters. The first kappa shape index (κ1) is 15.9. The summed E-state index contributed by atoms with van der Waals surface area (Å²) in [6, 6.07) is 4.99. The molecular weight excluding hydrogens is 268 g/mol.